The number of hydrogen-bond donors (Lipinski definition) is 0. The molecule has 0 N–H and O–H groups in total. The van der Waals surface area contributed by atoms with Crippen LogP contribution >= 0.6 is 0 Å². The molecule has 6 nitrogen and oxygen atoms in total. The molecule has 162 valence electrons. The summed E-state index contributed by atoms with van der Waals surface area (Å²) in [7, 11) is 3.86. The van der Waals surface area contributed by atoms with Crippen LogP contribution in [0, 0.1) is 5.92 Å². The molecule has 6 heteroatoms. The zero-order valence-corrected chi connectivity index (χ0v) is 18.6. The molecule has 29 heavy (non-hydrogen) atoms. The van der Waals surface area contributed by atoms with E-state index in [4.69, 9.17) is 4.74 Å². The van der Waals surface area contributed by atoms with E-state index in [1.807, 2.05) is 24.3 Å². The number of ketones is 2. The molecule has 1 rings (SSSR count). The first-order valence-electron chi connectivity index (χ1n) is 10.3. The van der Waals surface area contributed by atoms with Gasteiger partial charge in [0.25, 0.3) is 0 Å². The van der Waals surface area contributed by atoms with Crippen LogP contribution in [0.4, 0.5) is 0 Å². The SMILES string of the molecule is CC(=O)CC(=O)Cc1ccc(CN(C)C(=O)COCCCN(C)CC(C)C)cc1. The van der Waals surface area contributed by atoms with Crippen molar-refractivity contribution in [3.05, 3.63) is 35.4 Å². The molecule has 1 aromatic rings. The smallest absolute Gasteiger partial charge is 0.248 e. The summed E-state index contributed by atoms with van der Waals surface area (Å²) in [5, 5.41) is 0. The van der Waals surface area contributed by atoms with Crippen LogP contribution in [0.15, 0.2) is 24.3 Å². The summed E-state index contributed by atoms with van der Waals surface area (Å²) in [6.45, 7) is 8.98. The predicted molar refractivity (Wildman–Crippen MR) is 115 cm³/mol. The van der Waals surface area contributed by atoms with Crippen LogP contribution < -0.4 is 0 Å². The highest BCUT2D eigenvalue weighted by molar-refractivity contribution is 5.98. The molecule has 0 bridgehead atoms. The summed E-state index contributed by atoms with van der Waals surface area (Å²) in [5.74, 6) is 0.397. The maximum Gasteiger partial charge on any atom is 0.248 e. The zero-order chi connectivity index (χ0) is 21.8. The lowest BCUT2D eigenvalue weighted by atomic mass is 10.0. The van der Waals surface area contributed by atoms with Crippen LogP contribution in [0.2, 0.25) is 0 Å². The van der Waals surface area contributed by atoms with Gasteiger partial charge in [0.05, 0.1) is 6.42 Å². The number of carbonyl (C=O) groups excluding carboxylic acids is 3. The molecule has 0 heterocycles. The number of ether oxygens (including phenoxy) is 1. The van der Waals surface area contributed by atoms with Gasteiger partial charge in [0.15, 0.2) is 0 Å². The highest BCUT2D eigenvalue weighted by atomic mass is 16.5. The highest BCUT2D eigenvalue weighted by Gasteiger charge is 2.11. The lowest BCUT2D eigenvalue weighted by Gasteiger charge is -2.19. The second-order valence-corrected chi connectivity index (χ2v) is 8.22. The molecule has 0 unspecified atom stereocenters. The Morgan fingerprint density at radius 3 is 2.24 bits per heavy atom. The van der Waals surface area contributed by atoms with Crippen molar-refractivity contribution >= 4 is 17.5 Å². The van der Waals surface area contributed by atoms with Crippen LogP contribution in [-0.4, -0.2) is 67.7 Å². The van der Waals surface area contributed by atoms with Gasteiger partial charge in [-0.05, 0) is 37.4 Å². The van der Waals surface area contributed by atoms with Gasteiger partial charge >= 0.3 is 0 Å². The molecule has 0 aliphatic carbocycles. The van der Waals surface area contributed by atoms with E-state index in [0.717, 1.165) is 30.6 Å². The number of likely N-dealkylation sites (N-methyl/N-ethyl adjacent to an activating group) is 1. The molecule has 0 aromatic heterocycles. The Morgan fingerprint density at radius 1 is 1.03 bits per heavy atom. The third-order valence-electron chi connectivity index (χ3n) is 4.45. The Morgan fingerprint density at radius 2 is 1.66 bits per heavy atom. The van der Waals surface area contributed by atoms with E-state index in [-0.39, 0.29) is 36.9 Å². The third kappa shape index (κ3) is 11.5. The third-order valence-corrected chi connectivity index (χ3v) is 4.45. The zero-order valence-electron chi connectivity index (χ0n) is 18.6. The summed E-state index contributed by atoms with van der Waals surface area (Å²) >= 11 is 0. The van der Waals surface area contributed by atoms with Gasteiger partial charge in [-0.3, -0.25) is 14.4 Å². The second-order valence-electron chi connectivity index (χ2n) is 8.22. The molecule has 0 atom stereocenters. The Bertz CT molecular complexity index is 655. The van der Waals surface area contributed by atoms with Crippen LogP contribution in [0.5, 0.6) is 0 Å². The Hall–Kier alpha value is -2.05. The van der Waals surface area contributed by atoms with E-state index in [9.17, 15) is 14.4 Å². The predicted octanol–water partition coefficient (Wildman–Crippen LogP) is 2.73. The number of nitrogens with zero attached hydrogens (tertiary/aromatic N) is 2. The first-order valence-corrected chi connectivity index (χ1v) is 10.3. The van der Waals surface area contributed by atoms with Crippen LogP contribution in [0.25, 0.3) is 0 Å². The fraction of sp³-hybridized carbons (Fsp3) is 0.609. The Kier molecular flexibility index (Phi) is 11.4. The van der Waals surface area contributed by atoms with E-state index in [0.29, 0.717) is 19.1 Å². The fourth-order valence-corrected chi connectivity index (χ4v) is 3.11. The van der Waals surface area contributed by atoms with Crippen LogP contribution in [-0.2, 0) is 32.1 Å². The average molecular weight is 405 g/mol. The minimum Gasteiger partial charge on any atom is -0.372 e. The van der Waals surface area contributed by atoms with E-state index in [2.05, 4.69) is 25.8 Å². The van der Waals surface area contributed by atoms with Crippen molar-refractivity contribution in [1.29, 1.82) is 0 Å². The molecular weight excluding hydrogens is 368 g/mol. The van der Waals surface area contributed by atoms with E-state index in [1.54, 1.807) is 11.9 Å². The highest BCUT2D eigenvalue weighted by Crippen LogP contribution is 2.09. The van der Waals surface area contributed by atoms with Crippen molar-refractivity contribution in [3.63, 3.8) is 0 Å². The minimum absolute atomic E-state index is 0.0208. The Labute approximate surface area is 175 Å². The number of rotatable bonds is 14. The number of carbonyl (C=O) groups is 3. The number of amides is 1. The van der Waals surface area contributed by atoms with Gasteiger partial charge < -0.3 is 14.5 Å². The standard InChI is InChI=1S/C23H36N2O4/c1-18(2)15-24(4)11-6-12-29-17-23(28)25(5)16-21-9-7-20(8-10-21)14-22(27)13-19(3)26/h7-10,18H,6,11-17H2,1-5H3. The molecule has 0 saturated heterocycles. The molecular formula is C23H36N2O4. The van der Waals surface area contributed by atoms with Crippen molar-refractivity contribution in [2.75, 3.05) is 40.4 Å². The number of benzene rings is 1. The first-order chi connectivity index (χ1) is 13.7. The number of hydrogen-bond acceptors (Lipinski definition) is 5. The van der Waals surface area contributed by atoms with Gasteiger partial charge in [0.1, 0.15) is 18.2 Å². The van der Waals surface area contributed by atoms with Gasteiger partial charge in [0.2, 0.25) is 5.91 Å². The summed E-state index contributed by atoms with van der Waals surface area (Å²) in [6.07, 6.45) is 1.14. The monoisotopic (exact) mass is 404 g/mol. The second kappa shape index (κ2) is 13.2. The van der Waals surface area contributed by atoms with Crippen molar-refractivity contribution in [2.45, 2.75) is 46.6 Å². The first kappa shape index (κ1) is 25.0. The molecule has 0 saturated carbocycles. The van der Waals surface area contributed by atoms with E-state index >= 15 is 0 Å². The van der Waals surface area contributed by atoms with E-state index < -0.39 is 0 Å². The fourth-order valence-electron chi connectivity index (χ4n) is 3.11. The minimum atomic E-state index is -0.114. The van der Waals surface area contributed by atoms with Crippen LogP contribution in [0.3, 0.4) is 0 Å². The van der Waals surface area contributed by atoms with E-state index in [1.165, 1.54) is 6.92 Å². The molecule has 1 aromatic carbocycles. The summed E-state index contributed by atoms with van der Waals surface area (Å²) in [6, 6.07) is 7.56. The van der Waals surface area contributed by atoms with Crippen molar-refractivity contribution < 1.29 is 19.1 Å². The van der Waals surface area contributed by atoms with Crippen molar-refractivity contribution in [1.82, 2.24) is 9.80 Å². The largest absolute Gasteiger partial charge is 0.372 e. The topological polar surface area (TPSA) is 66.9 Å². The lowest BCUT2D eigenvalue weighted by Crippen LogP contribution is -2.30. The maximum absolute atomic E-state index is 12.2. The molecule has 1 amide bonds. The quantitative estimate of drug-likeness (QED) is 0.352. The Balaban J connectivity index is 2.30. The maximum atomic E-state index is 12.2. The summed E-state index contributed by atoms with van der Waals surface area (Å²) < 4.78 is 5.52. The summed E-state index contributed by atoms with van der Waals surface area (Å²) in [5.41, 5.74) is 1.86. The summed E-state index contributed by atoms with van der Waals surface area (Å²) in [4.78, 5) is 38.8. The molecule has 0 spiro atoms. The number of Topliss-reactive ketones (excluding diaryl/α,β-unsaturated/α-hetero) is 2. The van der Waals surface area contributed by atoms with Crippen molar-refractivity contribution in [2.24, 2.45) is 5.92 Å². The lowest BCUT2D eigenvalue weighted by molar-refractivity contribution is -0.135. The van der Waals surface area contributed by atoms with Crippen LogP contribution in [0.1, 0.15) is 44.7 Å². The molecule has 0 aliphatic rings. The van der Waals surface area contributed by atoms with Gasteiger partial charge in [-0.1, -0.05) is 38.1 Å². The van der Waals surface area contributed by atoms with Gasteiger partial charge in [-0.2, -0.15) is 0 Å². The van der Waals surface area contributed by atoms with Crippen molar-refractivity contribution in [3.8, 4) is 0 Å². The normalized spacial score (nSPS) is 11.1. The van der Waals surface area contributed by atoms with Gasteiger partial charge in [-0.15, -0.1) is 0 Å². The van der Waals surface area contributed by atoms with Gasteiger partial charge in [-0.25, -0.2) is 0 Å². The molecule has 0 aliphatic heterocycles. The molecule has 0 radical (unpaired) electrons. The van der Waals surface area contributed by atoms with Gasteiger partial charge in [0, 0.05) is 39.7 Å². The average Bonchev–Trinajstić information content (AvgIpc) is 2.61. The molecule has 0 fully saturated rings.